The van der Waals surface area contributed by atoms with Crippen LogP contribution in [0, 0.1) is 11.8 Å². The highest BCUT2D eigenvalue weighted by Crippen LogP contribution is 2.13. The molecule has 0 radical (unpaired) electrons. The molecule has 0 aliphatic heterocycles. The molecule has 11 heteroatoms. The van der Waals surface area contributed by atoms with E-state index in [1.165, 1.54) is 12.1 Å². The predicted molar refractivity (Wildman–Crippen MR) is 125 cm³/mol. The summed E-state index contributed by atoms with van der Waals surface area (Å²) in [6.07, 6.45) is 0.723. The summed E-state index contributed by atoms with van der Waals surface area (Å²) in [5.74, 6) is -3.90. The second-order valence-electron chi connectivity index (χ2n) is 8.66. The SMILES string of the molecule is CCC(C)C(N)C(=O)NC(Cc1ccc(O)cc1)C(=O)NC(C(=O)NC(CO)C(=O)O)C(C)C. The first-order chi connectivity index (χ1) is 15.9. The number of benzene rings is 1. The largest absolute Gasteiger partial charge is 0.508 e. The lowest BCUT2D eigenvalue weighted by Gasteiger charge is -2.27. The van der Waals surface area contributed by atoms with Gasteiger partial charge < -0.3 is 37.0 Å². The number of nitrogens with two attached hydrogens (primary N) is 1. The standard InChI is InChI=1S/C23H36N4O7/c1-5-13(4)18(24)21(31)25-16(10-14-6-8-15(29)9-7-14)20(30)27-19(12(2)3)22(32)26-17(11-28)23(33)34/h6-9,12-13,16-19,28-29H,5,10-11,24H2,1-4H3,(H,25,31)(H,26,32)(H,27,30)(H,33,34). The van der Waals surface area contributed by atoms with Crippen LogP contribution in [-0.4, -0.2) is 69.8 Å². The van der Waals surface area contributed by atoms with Crippen molar-refractivity contribution in [2.45, 2.75) is 64.7 Å². The van der Waals surface area contributed by atoms with Crippen LogP contribution in [0.3, 0.4) is 0 Å². The summed E-state index contributed by atoms with van der Waals surface area (Å²) in [6, 6.07) is 1.52. The van der Waals surface area contributed by atoms with E-state index in [0.29, 0.717) is 12.0 Å². The minimum Gasteiger partial charge on any atom is -0.508 e. The Labute approximate surface area is 199 Å². The molecule has 5 atom stereocenters. The molecule has 1 rings (SSSR count). The van der Waals surface area contributed by atoms with E-state index in [1.54, 1.807) is 26.0 Å². The zero-order valence-electron chi connectivity index (χ0n) is 19.9. The van der Waals surface area contributed by atoms with Crippen molar-refractivity contribution >= 4 is 23.7 Å². The zero-order chi connectivity index (χ0) is 26.0. The fourth-order valence-corrected chi connectivity index (χ4v) is 3.09. The van der Waals surface area contributed by atoms with Crippen LogP contribution in [0.1, 0.15) is 39.7 Å². The number of aliphatic carboxylic acids is 1. The zero-order valence-corrected chi connectivity index (χ0v) is 19.9. The Morgan fingerprint density at radius 3 is 1.94 bits per heavy atom. The van der Waals surface area contributed by atoms with Gasteiger partial charge in [0, 0.05) is 6.42 Å². The summed E-state index contributed by atoms with van der Waals surface area (Å²) in [4.78, 5) is 49.6. The summed E-state index contributed by atoms with van der Waals surface area (Å²) in [7, 11) is 0. The second kappa shape index (κ2) is 13.5. The topological polar surface area (TPSA) is 191 Å². The Morgan fingerprint density at radius 2 is 1.47 bits per heavy atom. The van der Waals surface area contributed by atoms with Crippen molar-refractivity contribution in [3.05, 3.63) is 29.8 Å². The molecule has 0 spiro atoms. The van der Waals surface area contributed by atoms with Gasteiger partial charge in [-0.1, -0.05) is 46.2 Å². The highest BCUT2D eigenvalue weighted by atomic mass is 16.4. The molecule has 0 saturated carbocycles. The van der Waals surface area contributed by atoms with Gasteiger partial charge in [-0.2, -0.15) is 0 Å². The minimum absolute atomic E-state index is 0.0426. The number of aromatic hydroxyl groups is 1. The van der Waals surface area contributed by atoms with Crippen LogP contribution >= 0.6 is 0 Å². The number of phenols is 1. The summed E-state index contributed by atoms with van der Waals surface area (Å²) in [5, 5.41) is 35.2. The van der Waals surface area contributed by atoms with E-state index in [-0.39, 0.29) is 18.1 Å². The molecule has 0 bridgehead atoms. The van der Waals surface area contributed by atoms with Gasteiger partial charge in [-0.3, -0.25) is 14.4 Å². The molecule has 1 aromatic carbocycles. The summed E-state index contributed by atoms with van der Waals surface area (Å²) < 4.78 is 0. The Balaban J connectivity index is 3.10. The van der Waals surface area contributed by atoms with Crippen LogP contribution in [0.25, 0.3) is 0 Å². The Bertz CT molecular complexity index is 844. The first-order valence-electron chi connectivity index (χ1n) is 11.2. The van der Waals surface area contributed by atoms with E-state index in [2.05, 4.69) is 16.0 Å². The fraction of sp³-hybridized carbons (Fsp3) is 0.565. The maximum Gasteiger partial charge on any atom is 0.328 e. The molecule has 1 aromatic rings. The Hall–Kier alpha value is -3.18. The van der Waals surface area contributed by atoms with Gasteiger partial charge in [0.1, 0.15) is 23.9 Å². The monoisotopic (exact) mass is 480 g/mol. The van der Waals surface area contributed by atoms with Crippen molar-refractivity contribution in [1.29, 1.82) is 0 Å². The lowest BCUT2D eigenvalue weighted by Crippen LogP contribution is -2.59. The summed E-state index contributed by atoms with van der Waals surface area (Å²) in [5.41, 5.74) is 6.65. The number of nitrogens with one attached hydrogen (secondary N) is 3. The van der Waals surface area contributed by atoms with Gasteiger partial charge in [-0.15, -0.1) is 0 Å². The van der Waals surface area contributed by atoms with E-state index in [4.69, 9.17) is 10.8 Å². The highest BCUT2D eigenvalue weighted by molar-refractivity contribution is 5.94. The van der Waals surface area contributed by atoms with E-state index >= 15 is 0 Å². The van der Waals surface area contributed by atoms with Gasteiger partial charge >= 0.3 is 5.97 Å². The molecule has 11 nitrogen and oxygen atoms in total. The molecule has 0 aromatic heterocycles. The second-order valence-corrected chi connectivity index (χ2v) is 8.66. The number of amides is 3. The minimum atomic E-state index is -1.52. The van der Waals surface area contributed by atoms with E-state index in [0.717, 1.165) is 0 Å². The third-order valence-electron chi connectivity index (χ3n) is 5.61. The normalized spacial score (nSPS) is 15.5. The molecule has 0 heterocycles. The molecule has 5 unspecified atom stereocenters. The summed E-state index contributed by atoms with van der Waals surface area (Å²) in [6.45, 7) is 6.21. The first kappa shape index (κ1) is 28.9. The fourth-order valence-electron chi connectivity index (χ4n) is 3.09. The quantitative estimate of drug-likeness (QED) is 0.196. The van der Waals surface area contributed by atoms with Crippen molar-refractivity contribution in [3.63, 3.8) is 0 Å². The number of hydrogen-bond donors (Lipinski definition) is 7. The molecule has 190 valence electrons. The molecule has 0 aliphatic rings. The van der Waals surface area contributed by atoms with Gasteiger partial charge in [0.05, 0.1) is 12.6 Å². The number of hydrogen-bond acceptors (Lipinski definition) is 7. The van der Waals surface area contributed by atoms with Crippen LogP contribution in [0.4, 0.5) is 0 Å². The van der Waals surface area contributed by atoms with Gasteiger partial charge in [0.15, 0.2) is 0 Å². The van der Waals surface area contributed by atoms with Crippen molar-refractivity contribution in [1.82, 2.24) is 16.0 Å². The number of phenolic OH excluding ortho intramolecular Hbond substituents is 1. The number of aliphatic hydroxyl groups is 1. The van der Waals surface area contributed by atoms with E-state index in [1.807, 2.05) is 13.8 Å². The maximum absolute atomic E-state index is 13.2. The Morgan fingerprint density at radius 1 is 0.912 bits per heavy atom. The van der Waals surface area contributed by atoms with Crippen molar-refractivity contribution in [3.8, 4) is 5.75 Å². The van der Waals surface area contributed by atoms with Crippen molar-refractivity contribution in [2.75, 3.05) is 6.61 Å². The molecule has 8 N–H and O–H groups in total. The van der Waals surface area contributed by atoms with Crippen LogP contribution < -0.4 is 21.7 Å². The van der Waals surface area contributed by atoms with Crippen molar-refractivity contribution < 1.29 is 34.5 Å². The molecular formula is C23H36N4O7. The number of aliphatic hydroxyl groups excluding tert-OH is 1. The molecule has 3 amide bonds. The van der Waals surface area contributed by atoms with Gasteiger partial charge in [0.2, 0.25) is 17.7 Å². The number of carboxylic acids is 1. The van der Waals surface area contributed by atoms with Crippen LogP contribution in [0.5, 0.6) is 5.75 Å². The third-order valence-corrected chi connectivity index (χ3v) is 5.61. The average Bonchev–Trinajstić information content (AvgIpc) is 2.79. The lowest BCUT2D eigenvalue weighted by atomic mass is 9.97. The number of rotatable bonds is 13. The average molecular weight is 481 g/mol. The maximum atomic E-state index is 13.2. The lowest BCUT2D eigenvalue weighted by molar-refractivity contribution is -0.143. The number of carboxylic acid groups (broad SMARTS) is 1. The van der Waals surface area contributed by atoms with E-state index in [9.17, 15) is 29.4 Å². The summed E-state index contributed by atoms with van der Waals surface area (Å²) >= 11 is 0. The van der Waals surface area contributed by atoms with Gasteiger partial charge in [-0.25, -0.2) is 4.79 Å². The number of carbonyl (C=O) groups is 4. The predicted octanol–water partition coefficient (Wildman–Crippen LogP) is -0.505. The number of carbonyl (C=O) groups excluding carboxylic acids is 3. The molecule has 0 aliphatic carbocycles. The molecule has 0 fully saturated rings. The molecule has 0 saturated heterocycles. The van der Waals surface area contributed by atoms with Gasteiger partial charge in [-0.05, 0) is 29.5 Å². The Kier molecular flexibility index (Phi) is 11.5. The van der Waals surface area contributed by atoms with Gasteiger partial charge in [0.25, 0.3) is 0 Å². The van der Waals surface area contributed by atoms with E-state index < -0.39 is 60.4 Å². The van der Waals surface area contributed by atoms with Crippen LogP contribution in [0.2, 0.25) is 0 Å². The third kappa shape index (κ3) is 8.64. The molecular weight excluding hydrogens is 444 g/mol. The molecule has 34 heavy (non-hydrogen) atoms. The first-order valence-corrected chi connectivity index (χ1v) is 11.2. The smallest absolute Gasteiger partial charge is 0.328 e. The van der Waals surface area contributed by atoms with Crippen LogP contribution in [-0.2, 0) is 25.6 Å². The highest BCUT2D eigenvalue weighted by Gasteiger charge is 2.32. The van der Waals surface area contributed by atoms with Crippen LogP contribution in [0.15, 0.2) is 24.3 Å². The van der Waals surface area contributed by atoms with Crippen molar-refractivity contribution in [2.24, 2.45) is 17.6 Å².